The number of ether oxygens (including phenoxy) is 2. The number of nitrogens with zero attached hydrogens (tertiary/aromatic N) is 1. The average molecular weight is 449 g/mol. The second-order valence-corrected chi connectivity index (χ2v) is 8.20. The van der Waals surface area contributed by atoms with Crippen molar-refractivity contribution >= 4 is 23.9 Å². The summed E-state index contributed by atoms with van der Waals surface area (Å²) in [6.45, 7) is 2.70. The standard InChI is InChI=1S/C26H28N2O5/c1-2-32-23-16-19(13-14-22(23)33-17-18-9-5-3-6-10-18)15-21-24(29)27-26(31)28(25(21)30)20-11-7-4-8-12-20/h3,5-6,9-10,13-16,20H,2,4,7-8,11-12,17H2,1H3,(H,27,29,31). The number of carbonyl (C=O) groups excluding carboxylic acids is 3. The number of benzene rings is 2. The van der Waals surface area contributed by atoms with Crippen molar-refractivity contribution in [2.75, 3.05) is 6.61 Å². The van der Waals surface area contributed by atoms with Crippen molar-refractivity contribution in [3.05, 3.63) is 65.2 Å². The Balaban J connectivity index is 1.57. The Morgan fingerprint density at radius 3 is 2.45 bits per heavy atom. The molecule has 4 amide bonds. The number of hydrogen-bond donors (Lipinski definition) is 1. The van der Waals surface area contributed by atoms with Crippen LogP contribution in [0.2, 0.25) is 0 Å². The normalized spacial score (nSPS) is 18.4. The molecule has 172 valence electrons. The van der Waals surface area contributed by atoms with Crippen LogP contribution < -0.4 is 14.8 Å². The van der Waals surface area contributed by atoms with E-state index in [0.717, 1.165) is 37.7 Å². The number of urea groups is 1. The van der Waals surface area contributed by atoms with Crippen LogP contribution in [-0.2, 0) is 16.2 Å². The summed E-state index contributed by atoms with van der Waals surface area (Å²) in [6.07, 6.45) is 6.07. The van der Waals surface area contributed by atoms with E-state index in [1.807, 2.05) is 37.3 Å². The Morgan fingerprint density at radius 1 is 0.970 bits per heavy atom. The van der Waals surface area contributed by atoms with E-state index in [9.17, 15) is 14.4 Å². The molecule has 4 rings (SSSR count). The molecular weight excluding hydrogens is 420 g/mol. The number of hydrogen-bond acceptors (Lipinski definition) is 5. The zero-order valence-electron chi connectivity index (χ0n) is 18.7. The topological polar surface area (TPSA) is 84.9 Å². The summed E-state index contributed by atoms with van der Waals surface area (Å²) in [5, 5.41) is 2.32. The molecular formula is C26H28N2O5. The maximum atomic E-state index is 13.1. The van der Waals surface area contributed by atoms with Gasteiger partial charge in [-0.05, 0) is 49.1 Å². The van der Waals surface area contributed by atoms with Crippen molar-refractivity contribution in [2.24, 2.45) is 0 Å². The lowest BCUT2D eigenvalue weighted by atomic mass is 9.93. The number of rotatable bonds is 7. The molecule has 0 unspecified atom stereocenters. The summed E-state index contributed by atoms with van der Waals surface area (Å²) in [5.41, 5.74) is 1.59. The van der Waals surface area contributed by atoms with E-state index in [4.69, 9.17) is 9.47 Å². The van der Waals surface area contributed by atoms with Gasteiger partial charge in [0.25, 0.3) is 11.8 Å². The Bertz CT molecular complexity index is 1060. The fraction of sp³-hybridized carbons (Fsp3) is 0.346. The van der Waals surface area contributed by atoms with Crippen LogP contribution in [0.5, 0.6) is 11.5 Å². The van der Waals surface area contributed by atoms with Gasteiger partial charge in [0.1, 0.15) is 12.2 Å². The van der Waals surface area contributed by atoms with E-state index in [-0.39, 0.29) is 11.6 Å². The number of carbonyl (C=O) groups is 3. The van der Waals surface area contributed by atoms with Gasteiger partial charge in [0, 0.05) is 6.04 Å². The molecule has 2 aromatic carbocycles. The molecule has 7 heteroatoms. The fourth-order valence-corrected chi connectivity index (χ4v) is 4.25. The molecule has 33 heavy (non-hydrogen) atoms. The van der Waals surface area contributed by atoms with Gasteiger partial charge in [0.15, 0.2) is 11.5 Å². The molecule has 0 spiro atoms. The third kappa shape index (κ3) is 5.25. The predicted molar refractivity (Wildman–Crippen MR) is 124 cm³/mol. The lowest BCUT2D eigenvalue weighted by Crippen LogP contribution is -2.58. The second kappa shape index (κ2) is 10.3. The predicted octanol–water partition coefficient (Wildman–Crippen LogP) is 4.46. The monoisotopic (exact) mass is 448 g/mol. The van der Waals surface area contributed by atoms with Crippen LogP contribution in [0.1, 0.15) is 50.2 Å². The van der Waals surface area contributed by atoms with Gasteiger partial charge < -0.3 is 9.47 Å². The van der Waals surface area contributed by atoms with Crippen molar-refractivity contribution in [3.63, 3.8) is 0 Å². The second-order valence-electron chi connectivity index (χ2n) is 8.20. The first-order chi connectivity index (χ1) is 16.1. The maximum Gasteiger partial charge on any atom is 0.331 e. The minimum absolute atomic E-state index is 0.0550. The summed E-state index contributed by atoms with van der Waals surface area (Å²) in [4.78, 5) is 39.2. The first kappa shape index (κ1) is 22.6. The van der Waals surface area contributed by atoms with Gasteiger partial charge in [-0.15, -0.1) is 0 Å². The third-order valence-corrected chi connectivity index (χ3v) is 5.89. The molecule has 0 atom stereocenters. The Kier molecular flexibility index (Phi) is 7.07. The van der Waals surface area contributed by atoms with Crippen LogP contribution in [-0.4, -0.2) is 35.4 Å². The molecule has 1 saturated carbocycles. The molecule has 2 aromatic rings. The smallest absolute Gasteiger partial charge is 0.331 e. The molecule has 0 bridgehead atoms. The summed E-state index contributed by atoms with van der Waals surface area (Å²) >= 11 is 0. The van der Waals surface area contributed by atoms with Gasteiger partial charge in [0.05, 0.1) is 6.61 Å². The van der Waals surface area contributed by atoms with E-state index in [1.54, 1.807) is 18.2 Å². The molecule has 0 radical (unpaired) electrons. The van der Waals surface area contributed by atoms with E-state index in [1.165, 1.54) is 11.0 Å². The number of nitrogens with one attached hydrogen (secondary N) is 1. The van der Waals surface area contributed by atoms with Crippen LogP contribution >= 0.6 is 0 Å². The Labute approximate surface area is 193 Å². The Hall–Kier alpha value is -3.61. The van der Waals surface area contributed by atoms with Crippen LogP contribution in [0.4, 0.5) is 4.79 Å². The molecule has 2 aliphatic rings. The quantitative estimate of drug-likeness (QED) is 0.499. The van der Waals surface area contributed by atoms with Gasteiger partial charge >= 0.3 is 6.03 Å². The van der Waals surface area contributed by atoms with E-state index in [0.29, 0.717) is 30.3 Å². The molecule has 7 nitrogen and oxygen atoms in total. The van der Waals surface area contributed by atoms with Crippen LogP contribution in [0.25, 0.3) is 6.08 Å². The van der Waals surface area contributed by atoms with Crippen molar-refractivity contribution in [3.8, 4) is 11.5 Å². The molecule has 1 N–H and O–H groups in total. The van der Waals surface area contributed by atoms with E-state index < -0.39 is 17.8 Å². The largest absolute Gasteiger partial charge is 0.490 e. The van der Waals surface area contributed by atoms with Gasteiger partial charge in [-0.25, -0.2) is 4.79 Å². The fourth-order valence-electron chi connectivity index (χ4n) is 4.25. The van der Waals surface area contributed by atoms with E-state index in [2.05, 4.69) is 5.32 Å². The first-order valence-corrected chi connectivity index (χ1v) is 11.4. The van der Waals surface area contributed by atoms with Gasteiger partial charge in [-0.1, -0.05) is 55.7 Å². The third-order valence-electron chi connectivity index (χ3n) is 5.89. The van der Waals surface area contributed by atoms with Gasteiger partial charge in [-0.3, -0.25) is 19.8 Å². The number of barbiturate groups is 1. The first-order valence-electron chi connectivity index (χ1n) is 11.4. The number of amides is 4. The highest BCUT2D eigenvalue weighted by molar-refractivity contribution is 6.31. The summed E-state index contributed by atoms with van der Waals surface area (Å²) in [6, 6.07) is 14.3. The van der Waals surface area contributed by atoms with Crippen LogP contribution in [0.15, 0.2) is 54.1 Å². The summed E-state index contributed by atoms with van der Waals surface area (Å²) in [5.74, 6) is -0.134. The highest BCUT2D eigenvalue weighted by atomic mass is 16.5. The van der Waals surface area contributed by atoms with E-state index >= 15 is 0 Å². The summed E-state index contributed by atoms with van der Waals surface area (Å²) in [7, 11) is 0. The van der Waals surface area contributed by atoms with Gasteiger partial charge in [-0.2, -0.15) is 0 Å². The Morgan fingerprint density at radius 2 is 1.73 bits per heavy atom. The lowest BCUT2D eigenvalue weighted by molar-refractivity contribution is -0.132. The van der Waals surface area contributed by atoms with Crippen molar-refractivity contribution in [2.45, 2.75) is 51.7 Å². The van der Waals surface area contributed by atoms with Crippen LogP contribution in [0.3, 0.4) is 0 Å². The minimum atomic E-state index is -0.681. The molecule has 1 aliphatic carbocycles. The van der Waals surface area contributed by atoms with Crippen LogP contribution in [0, 0.1) is 0 Å². The zero-order valence-corrected chi connectivity index (χ0v) is 18.7. The number of imide groups is 2. The minimum Gasteiger partial charge on any atom is -0.490 e. The maximum absolute atomic E-state index is 13.1. The SMILES string of the molecule is CCOc1cc(C=C2C(=O)NC(=O)N(C3CCCCC3)C2=O)ccc1OCc1ccccc1. The van der Waals surface area contributed by atoms with Crippen molar-refractivity contribution in [1.29, 1.82) is 0 Å². The highest BCUT2D eigenvalue weighted by Crippen LogP contribution is 2.31. The van der Waals surface area contributed by atoms with Crippen molar-refractivity contribution in [1.82, 2.24) is 10.2 Å². The molecule has 1 heterocycles. The molecule has 0 aromatic heterocycles. The highest BCUT2D eigenvalue weighted by Gasteiger charge is 2.40. The molecule has 2 fully saturated rings. The average Bonchev–Trinajstić information content (AvgIpc) is 2.83. The van der Waals surface area contributed by atoms with Gasteiger partial charge in [0.2, 0.25) is 0 Å². The lowest BCUT2D eigenvalue weighted by Gasteiger charge is -2.35. The molecule has 1 aliphatic heterocycles. The zero-order chi connectivity index (χ0) is 23.2. The molecule has 1 saturated heterocycles. The summed E-state index contributed by atoms with van der Waals surface area (Å²) < 4.78 is 11.7. The van der Waals surface area contributed by atoms with Crippen molar-refractivity contribution < 1.29 is 23.9 Å².